The van der Waals surface area contributed by atoms with E-state index in [0.29, 0.717) is 32.4 Å². The maximum Gasteiger partial charge on any atom is 0.174 e. The number of nitrogens with zero attached hydrogens (tertiary/aromatic N) is 3. The largest absolute Gasteiger partial charge is 0.372 e. The molecule has 0 aliphatic heterocycles. The standard InChI is InChI=1S/C10H9Cl3N4/c1-5-8(13)4-17(16-5)10-7(12)3-6(11)9(14-2)15-10/h3-4H,1-2H3,(H,14,15). The van der Waals surface area contributed by atoms with Crippen molar-refractivity contribution < 1.29 is 0 Å². The molecule has 0 bridgehead atoms. The van der Waals surface area contributed by atoms with Gasteiger partial charge in [-0.1, -0.05) is 34.8 Å². The first-order valence-electron chi connectivity index (χ1n) is 4.79. The molecule has 0 atom stereocenters. The van der Waals surface area contributed by atoms with Gasteiger partial charge >= 0.3 is 0 Å². The van der Waals surface area contributed by atoms with E-state index in [1.165, 1.54) is 4.68 Å². The average molecular weight is 292 g/mol. The van der Waals surface area contributed by atoms with E-state index in [2.05, 4.69) is 15.4 Å². The quantitative estimate of drug-likeness (QED) is 0.919. The number of aromatic nitrogens is 3. The summed E-state index contributed by atoms with van der Waals surface area (Å²) in [4.78, 5) is 4.28. The molecule has 7 heteroatoms. The van der Waals surface area contributed by atoms with E-state index >= 15 is 0 Å². The Morgan fingerprint density at radius 1 is 1.18 bits per heavy atom. The molecule has 1 N–H and O–H groups in total. The molecule has 2 aromatic heterocycles. The molecule has 4 nitrogen and oxygen atoms in total. The number of hydrogen-bond acceptors (Lipinski definition) is 3. The molecule has 0 amide bonds. The van der Waals surface area contributed by atoms with Crippen LogP contribution in [0.2, 0.25) is 15.1 Å². The van der Waals surface area contributed by atoms with Crippen molar-refractivity contribution in [2.75, 3.05) is 12.4 Å². The van der Waals surface area contributed by atoms with E-state index in [4.69, 9.17) is 34.8 Å². The van der Waals surface area contributed by atoms with Gasteiger partial charge in [-0.25, -0.2) is 9.67 Å². The van der Waals surface area contributed by atoms with E-state index in [1.54, 1.807) is 19.3 Å². The predicted octanol–water partition coefficient (Wildman–Crippen LogP) is 3.58. The van der Waals surface area contributed by atoms with Gasteiger partial charge in [0, 0.05) is 7.05 Å². The van der Waals surface area contributed by atoms with E-state index in [0.717, 1.165) is 0 Å². The van der Waals surface area contributed by atoms with Gasteiger partial charge in [0.1, 0.15) is 5.82 Å². The van der Waals surface area contributed by atoms with Crippen LogP contribution in [0.15, 0.2) is 12.3 Å². The molecule has 17 heavy (non-hydrogen) atoms. The second-order valence-electron chi connectivity index (χ2n) is 3.38. The fraction of sp³-hybridized carbons (Fsp3) is 0.200. The first kappa shape index (κ1) is 12.5. The lowest BCUT2D eigenvalue weighted by Gasteiger charge is -2.08. The van der Waals surface area contributed by atoms with Crippen molar-refractivity contribution in [3.05, 3.63) is 33.0 Å². The lowest BCUT2D eigenvalue weighted by Crippen LogP contribution is -2.03. The summed E-state index contributed by atoms with van der Waals surface area (Å²) in [7, 11) is 1.73. The Bertz CT molecular complexity index is 545. The molecule has 0 unspecified atom stereocenters. The van der Waals surface area contributed by atoms with Crippen LogP contribution in [0.4, 0.5) is 5.82 Å². The number of aryl methyl sites for hydroxylation is 1. The van der Waals surface area contributed by atoms with Gasteiger partial charge in [-0.2, -0.15) is 5.10 Å². The number of rotatable bonds is 2. The van der Waals surface area contributed by atoms with E-state index in [1.807, 2.05) is 6.92 Å². The summed E-state index contributed by atoms with van der Waals surface area (Å²) in [5.41, 5.74) is 0.713. The first-order valence-corrected chi connectivity index (χ1v) is 5.92. The van der Waals surface area contributed by atoms with Crippen molar-refractivity contribution >= 4 is 40.6 Å². The Balaban J connectivity index is 2.58. The minimum Gasteiger partial charge on any atom is -0.372 e. The maximum absolute atomic E-state index is 6.08. The van der Waals surface area contributed by atoms with Crippen LogP contribution in [0.5, 0.6) is 0 Å². The highest BCUT2D eigenvalue weighted by atomic mass is 35.5. The lowest BCUT2D eigenvalue weighted by molar-refractivity contribution is 0.833. The third kappa shape index (κ3) is 2.34. The molecule has 2 aromatic rings. The Labute approximate surface area is 114 Å². The third-order valence-corrected chi connectivity index (χ3v) is 3.14. The SMILES string of the molecule is CNc1nc(-n2cc(Cl)c(C)n2)c(Cl)cc1Cl. The van der Waals surface area contributed by atoms with Crippen LogP contribution in [-0.4, -0.2) is 21.8 Å². The van der Waals surface area contributed by atoms with Gasteiger partial charge in [-0.15, -0.1) is 0 Å². The zero-order valence-electron chi connectivity index (χ0n) is 9.13. The molecule has 2 heterocycles. The molecule has 2 rings (SSSR count). The fourth-order valence-corrected chi connectivity index (χ4v) is 2.01. The van der Waals surface area contributed by atoms with E-state index in [9.17, 15) is 0 Å². The zero-order valence-corrected chi connectivity index (χ0v) is 11.4. The van der Waals surface area contributed by atoms with Crippen LogP contribution in [0.3, 0.4) is 0 Å². The maximum atomic E-state index is 6.08. The van der Waals surface area contributed by atoms with Crippen LogP contribution in [-0.2, 0) is 0 Å². The summed E-state index contributed by atoms with van der Waals surface area (Å²) >= 11 is 18.0. The molecule has 0 aromatic carbocycles. The monoisotopic (exact) mass is 290 g/mol. The molecule has 0 saturated carbocycles. The Kier molecular flexibility index (Phi) is 3.47. The Hall–Kier alpha value is -0.970. The number of pyridine rings is 1. The summed E-state index contributed by atoms with van der Waals surface area (Å²) in [6.07, 6.45) is 1.65. The number of hydrogen-bond donors (Lipinski definition) is 1. The van der Waals surface area contributed by atoms with Crippen LogP contribution >= 0.6 is 34.8 Å². The molecule has 0 aliphatic carbocycles. The van der Waals surface area contributed by atoms with Gasteiger partial charge in [-0.3, -0.25) is 0 Å². The van der Waals surface area contributed by atoms with Crippen LogP contribution in [0.25, 0.3) is 5.82 Å². The molecule has 0 radical (unpaired) electrons. The predicted molar refractivity (Wildman–Crippen MR) is 70.7 cm³/mol. The minimum atomic E-state index is 0.410. The molecule has 90 valence electrons. The number of anilines is 1. The topological polar surface area (TPSA) is 42.7 Å². The first-order chi connectivity index (χ1) is 8.02. The summed E-state index contributed by atoms with van der Waals surface area (Å²) in [6, 6.07) is 1.61. The fourth-order valence-electron chi connectivity index (χ4n) is 1.34. The van der Waals surface area contributed by atoms with Gasteiger partial charge < -0.3 is 5.32 Å². The Morgan fingerprint density at radius 2 is 1.88 bits per heavy atom. The van der Waals surface area contributed by atoms with Crippen LogP contribution < -0.4 is 5.32 Å². The minimum absolute atomic E-state index is 0.410. The van der Waals surface area contributed by atoms with E-state index in [-0.39, 0.29) is 0 Å². The summed E-state index contributed by atoms with van der Waals surface area (Å²) < 4.78 is 1.52. The second-order valence-corrected chi connectivity index (χ2v) is 4.60. The van der Waals surface area contributed by atoms with Crippen molar-refractivity contribution in [1.29, 1.82) is 0 Å². The highest BCUT2D eigenvalue weighted by molar-refractivity contribution is 6.37. The molecule has 0 fully saturated rings. The van der Waals surface area contributed by atoms with Gasteiger partial charge in [0.15, 0.2) is 5.82 Å². The van der Waals surface area contributed by atoms with Crippen molar-refractivity contribution in [1.82, 2.24) is 14.8 Å². The average Bonchev–Trinajstić information content (AvgIpc) is 2.59. The molecular formula is C10H9Cl3N4. The van der Waals surface area contributed by atoms with Crippen molar-refractivity contribution in [2.24, 2.45) is 0 Å². The van der Waals surface area contributed by atoms with Crippen LogP contribution in [0, 0.1) is 6.92 Å². The summed E-state index contributed by atoms with van der Waals surface area (Å²) in [5, 5.41) is 8.52. The van der Waals surface area contributed by atoms with Gasteiger partial charge in [0.05, 0.1) is 27.0 Å². The van der Waals surface area contributed by atoms with Crippen molar-refractivity contribution in [3.8, 4) is 5.82 Å². The van der Waals surface area contributed by atoms with Crippen molar-refractivity contribution in [2.45, 2.75) is 6.92 Å². The zero-order chi connectivity index (χ0) is 12.6. The smallest absolute Gasteiger partial charge is 0.174 e. The Morgan fingerprint density at radius 3 is 2.41 bits per heavy atom. The lowest BCUT2D eigenvalue weighted by atomic mass is 10.4. The molecule has 0 spiro atoms. The van der Waals surface area contributed by atoms with Crippen LogP contribution in [0.1, 0.15) is 5.69 Å². The normalized spacial score (nSPS) is 10.6. The van der Waals surface area contributed by atoms with Gasteiger partial charge in [0.25, 0.3) is 0 Å². The second kappa shape index (κ2) is 4.72. The molecule has 0 saturated heterocycles. The highest BCUT2D eigenvalue weighted by Crippen LogP contribution is 2.28. The summed E-state index contributed by atoms with van der Waals surface area (Å²) in [6.45, 7) is 1.81. The van der Waals surface area contributed by atoms with Gasteiger partial charge in [0.2, 0.25) is 0 Å². The van der Waals surface area contributed by atoms with E-state index < -0.39 is 0 Å². The number of halogens is 3. The third-order valence-electron chi connectivity index (χ3n) is 2.20. The van der Waals surface area contributed by atoms with Gasteiger partial charge in [-0.05, 0) is 13.0 Å². The summed E-state index contributed by atoms with van der Waals surface area (Å²) in [5.74, 6) is 1.02. The van der Waals surface area contributed by atoms with Crippen molar-refractivity contribution in [3.63, 3.8) is 0 Å². The number of nitrogens with one attached hydrogen (secondary N) is 1. The molecular weight excluding hydrogens is 282 g/mol. The molecule has 0 aliphatic rings. The highest BCUT2D eigenvalue weighted by Gasteiger charge is 2.12.